The molecule has 0 amide bonds. The molecule has 0 saturated heterocycles. The number of nitrogens with one attached hydrogen (secondary N) is 2. The molecule has 0 aliphatic carbocycles. The minimum absolute atomic E-state index is 0.371. The second kappa shape index (κ2) is 10.1. The number of aliphatic imine (C=N–C) groups is 1. The molecule has 1 heterocycles. The van der Waals surface area contributed by atoms with Gasteiger partial charge in [-0.05, 0) is 24.1 Å². The van der Waals surface area contributed by atoms with Crippen molar-refractivity contribution in [2.24, 2.45) is 4.99 Å². The predicted octanol–water partition coefficient (Wildman–Crippen LogP) is 2.90. The van der Waals surface area contributed by atoms with E-state index in [4.69, 9.17) is 0 Å². The highest BCUT2D eigenvalue weighted by atomic mass is 32.1. The fraction of sp³-hybridized carbons (Fsp3) is 0.389. The number of benzene rings is 1. The highest BCUT2D eigenvalue weighted by Crippen LogP contribution is 2.29. The van der Waals surface area contributed by atoms with Gasteiger partial charge in [-0.2, -0.15) is 13.2 Å². The first-order chi connectivity index (χ1) is 13.3. The third kappa shape index (κ3) is 6.52. The third-order valence-electron chi connectivity index (χ3n) is 3.78. The van der Waals surface area contributed by atoms with Gasteiger partial charge in [-0.1, -0.05) is 12.1 Å². The quantitative estimate of drug-likeness (QED) is 0.414. The van der Waals surface area contributed by atoms with Crippen LogP contribution in [0.2, 0.25) is 0 Å². The zero-order valence-corrected chi connectivity index (χ0v) is 16.3. The van der Waals surface area contributed by atoms with Crippen LogP contribution in [-0.2, 0) is 23.8 Å². The lowest BCUT2D eigenvalue weighted by molar-refractivity contribution is -0.140. The van der Waals surface area contributed by atoms with Crippen LogP contribution in [-0.4, -0.2) is 44.2 Å². The van der Waals surface area contributed by atoms with Crippen LogP contribution in [0, 0.1) is 0 Å². The summed E-state index contributed by atoms with van der Waals surface area (Å²) in [7, 11) is 2.95. The summed E-state index contributed by atoms with van der Waals surface area (Å²) in [6.07, 6.45) is -3.32. The molecule has 0 spiro atoms. The van der Waals surface area contributed by atoms with Crippen molar-refractivity contribution in [1.29, 1.82) is 0 Å². The smallest absolute Gasteiger partial charge is 0.434 e. The number of ether oxygens (including phenoxy) is 1. The maximum absolute atomic E-state index is 12.5. The third-order valence-corrected chi connectivity index (χ3v) is 4.69. The lowest BCUT2D eigenvalue weighted by Gasteiger charge is -2.11. The normalized spacial score (nSPS) is 12.0. The summed E-state index contributed by atoms with van der Waals surface area (Å²) in [5.41, 5.74) is 0.679. The minimum Gasteiger partial charge on any atom is -0.465 e. The molecule has 0 bridgehead atoms. The Balaban J connectivity index is 1.73. The number of esters is 1. The van der Waals surface area contributed by atoms with Crippen molar-refractivity contribution in [2.45, 2.75) is 19.0 Å². The minimum atomic E-state index is -4.41. The number of halogens is 3. The van der Waals surface area contributed by atoms with Crippen molar-refractivity contribution in [3.8, 4) is 0 Å². The van der Waals surface area contributed by atoms with Crippen molar-refractivity contribution in [3.63, 3.8) is 0 Å². The zero-order valence-electron chi connectivity index (χ0n) is 15.5. The average Bonchev–Trinajstić information content (AvgIpc) is 3.16. The summed E-state index contributed by atoms with van der Waals surface area (Å²) < 4.78 is 42.3. The van der Waals surface area contributed by atoms with E-state index in [9.17, 15) is 18.0 Å². The van der Waals surface area contributed by atoms with E-state index in [1.165, 1.54) is 7.11 Å². The van der Waals surface area contributed by atoms with Crippen LogP contribution >= 0.6 is 11.3 Å². The van der Waals surface area contributed by atoms with Crippen molar-refractivity contribution in [2.75, 3.05) is 27.2 Å². The molecule has 2 rings (SSSR count). The van der Waals surface area contributed by atoms with Gasteiger partial charge in [0.2, 0.25) is 0 Å². The summed E-state index contributed by atoms with van der Waals surface area (Å²) in [6.45, 7) is 1.02. The maximum Gasteiger partial charge on any atom is 0.434 e. The highest BCUT2D eigenvalue weighted by Gasteiger charge is 2.33. The van der Waals surface area contributed by atoms with E-state index >= 15 is 0 Å². The van der Waals surface area contributed by atoms with Crippen molar-refractivity contribution >= 4 is 23.3 Å². The Labute approximate surface area is 164 Å². The monoisotopic (exact) mass is 414 g/mol. The Morgan fingerprint density at radius 2 is 1.82 bits per heavy atom. The lowest BCUT2D eigenvalue weighted by atomic mass is 10.1. The molecule has 10 heteroatoms. The fourth-order valence-electron chi connectivity index (χ4n) is 2.31. The Kier molecular flexibility index (Phi) is 7.80. The van der Waals surface area contributed by atoms with Gasteiger partial charge in [0, 0.05) is 31.9 Å². The van der Waals surface area contributed by atoms with Crippen LogP contribution in [0.4, 0.5) is 13.2 Å². The van der Waals surface area contributed by atoms with Crippen LogP contribution in [0.5, 0.6) is 0 Å². The molecule has 1 aromatic heterocycles. The molecule has 0 aliphatic heterocycles. The van der Waals surface area contributed by atoms with Gasteiger partial charge in [-0.15, -0.1) is 11.3 Å². The Morgan fingerprint density at radius 3 is 2.36 bits per heavy atom. The summed E-state index contributed by atoms with van der Waals surface area (Å²) in [6, 6.07) is 7.12. The summed E-state index contributed by atoms with van der Waals surface area (Å²) in [5.74, 6) is 0.177. The second-order valence-corrected chi connectivity index (χ2v) is 6.68. The molecule has 0 aliphatic rings. The number of rotatable bonds is 7. The number of guanidine groups is 1. The average molecular weight is 414 g/mol. The van der Waals surface area contributed by atoms with Crippen molar-refractivity contribution in [3.05, 3.63) is 51.5 Å². The van der Waals surface area contributed by atoms with E-state index in [0.29, 0.717) is 42.5 Å². The van der Waals surface area contributed by atoms with E-state index in [2.05, 4.69) is 25.3 Å². The molecule has 6 nitrogen and oxygen atoms in total. The van der Waals surface area contributed by atoms with Gasteiger partial charge >= 0.3 is 12.1 Å². The highest BCUT2D eigenvalue weighted by molar-refractivity contribution is 7.09. The summed E-state index contributed by atoms with van der Waals surface area (Å²) in [4.78, 5) is 19.1. The van der Waals surface area contributed by atoms with Crippen molar-refractivity contribution < 1.29 is 22.7 Å². The molecule has 0 saturated carbocycles. The molecular formula is C18H21F3N4O2S. The molecular weight excluding hydrogens is 393 g/mol. The van der Waals surface area contributed by atoms with Gasteiger partial charge in [0.1, 0.15) is 0 Å². The van der Waals surface area contributed by atoms with Crippen LogP contribution in [0.15, 0.2) is 34.6 Å². The summed E-state index contributed by atoms with van der Waals surface area (Å²) in [5, 5.41) is 7.62. The van der Waals surface area contributed by atoms with Gasteiger partial charge in [0.25, 0.3) is 0 Å². The number of carbonyl (C=O) groups is 1. The number of alkyl halides is 3. The van der Waals surface area contributed by atoms with E-state index < -0.39 is 11.9 Å². The van der Waals surface area contributed by atoms with Gasteiger partial charge in [0.05, 0.1) is 17.7 Å². The number of nitrogens with zero attached hydrogens (tertiary/aromatic N) is 2. The fourth-order valence-corrected chi connectivity index (χ4v) is 3.12. The number of hydrogen-bond acceptors (Lipinski definition) is 5. The van der Waals surface area contributed by atoms with Gasteiger partial charge < -0.3 is 15.4 Å². The predicted molar refractivity (Wildman–Crippen MR) is 102 cm³/mol. The molecule has 1 aromatic carbocycles. The largest absolute Gasteiger partial charge is 0.465 e. The molecule has 2 aromatic rings. The first-order valence-electron chi connectivity index (χ1n) is 8.47. The molecule has 152 valence electrons. The number of thiazole rings is 1. The standard InChI is InChI=1S/C18H21F3N4O2S/c1-22-17(24-10-8-15-25-14(11-28-15)18(19,20)21)23-9-7-12-3-5-13(6-4-12)16(26)27-2/h3-6,11H,7-10H2,1-2H3,(H2,22,23,24). The number of aromatic nitrogens is 1. The Morgan fingerprint density at radius 1 is 1.18 bits per heavy atom. The van der Waals surface area contributed by atoms with Crippen molar-refractivity contribution in [1.82, 2.24) is 15.6 Å². The van der Waals surface area contributed by atoms with E-state index in [-0.39, 0.29) is 5.97 Å². The number of carbonyl (C=O) groups excluding carboxylic acids is 1. The Bertz CT molecular complexity index is 804. The van der Waals surface area contributed by atoms with Crippen LogP contribution in [0.25, 0.3) is 0 Å². The first kappa shape index (κ1) is 21.7. The van der Waals surface area contributed by atoms with E-state index in [1.807, 2.05) is 12.1 Å². The molecule has 28 heavy (non-hydrogen) atoms. The van der Waals surface area contributed by atoms with E-state index in [0.717, 1.165) is 22.3 Å². The second-order valence-electron chi connectivity index (χ2n) is 5.74. The number of hydrogen-bond donors (Lipinski definition) is 2. The molecule has 2 N–H and O–H groups in total. The molecule has 0 atom stereocenters. The van der Waals surface area contributed by atoms with Gasteiger partial charge in [-0.25, -0.2) is 9.78 Å². The zero-order chi connectivity index (χ0) is 20.6. The molecule has 0 radical (unpaired) electrons. The van der Waals surface area contributed by atoms with Crippen LogP contribution in [0.3, 0.4) is 0 Å². The molecule has 0 fully saturated rings. The van der Waals surface area contributed by atoms with E-state index in [1.54, 1.807) is 19.2 Å². The molecule has 0 unspecified atom stereocenters. The van der Waals surface area contributed by atoms with Gasteiger partial charge in [0.15, 0.2) is 11.7 Å². The maximum atomic E-state index is 12.5. The van der Waals surface area contributed by atoms with Gasteiger partial charge in [-0.3, -0.25) is 4.99 Å². The number of methoxy groups -OCH3 is 1. The van der Waals surface area contributed by atoms with Crippen LogP contribution in [0.1, 0.15) is 26.6 Å². The lowest BCUT2D eigenvalue weighted by Crippen LogP contribution is -2.39. The van der Waals surface area contributed by atoms with Crippen LogP contribution < -0.4 is 10.6 Å². The SMILES string of the molecule is CN=C(NCCc1ccc(C(=O)OC)cc1)NCCc1nc(C(F)(F)F)cs1. The Hall–Kier alpha value is -2.62. The first-order valence-corrected chi connectivity index (χ1v) is 9.35. The topological polar surface area (TPSA) is 75.6 Å². The summed E-state index contributed by atoms with van der Waals surface area (Å²) >= 11 is 0.991.